The number of nitro groups is 1. The molecule has 1 heterocycles. The van der Waals surface area contributed by atoms with Gasteiger partial charge in [-0.3, -0.25) is 14.9 Å². The highest BCUT2D eigenvalue weighted by atomic mass is 32.2. The van der Waals surface area contributed by atoms with Gasteiger partial charge in [-0.05, 0) is 49.2 Å². The Hall–Kier alpha value is -2.98. The number of nitro benzene ring substituents is 1. The first-order valence-electron chi connectivity index (χ1n) is 9.28. The number of ether oxygens (including phenoxy) is 2. The molecule has 30 heavy (non-hydrogen) atoms. The number of rotatable bonds is 7. The fourth-order valence-corrected chi connectivity index (χ4v) is 4.96. The van der Waals surface area contributed by atoms with Crippen molar-refractivity contribution >= 4 is 21.5 Å². The zero-order valence-corrected chi connectivity index (χ0v) is 17.4. The van der Waals surface area contributed by atoms with Crippen LogP contribution in [-0.2, 0) is 10.0 Å². The van der Waals surface area contributed by atoms with Gasteiger partial charge in [0.2, 0.25) is 10.0 Å². The molecule has 0 aliphatic carbocycles. The minimum Gasteiger partial charge on any atom is -0.497 e. The van der Waals surface area contributed by atoms with Crippen LogP contribution in [0.15, 0.2) is 47.4 Å². The minimum atomic E-state index is -3.92. The molecular formula is C20H22N2O7S. The Labute approximate surface area is 174 Å². The van der Waals surface area contributed by atoms with Crippen molar-refractivity contribution in [2.24, 2.45) is 5.92 Å². The zero-order valence-electron chi connectivity index (χ0n) is 16.6. The van der Waals surface area contributed by atoms with Crippen LogP contribution in [0.25, 0.3) is 0 Å². The van der Waals surface area contributed by atoms with Gasteiger partial charge >= 0.3 is 5.69 Å². The number of benzene rings is 2. The number of nitrogens with zero attached hydrogens (tertiary/aromatic N) is 2. The zero-order chi connectivity index (χ0) is 21.9. The summed E-state index contributed by atoms with van der Waals surface area (Å²) in [6, 6.07) is 10.4. The van der Waals surface area contributed by atoms with E-state index in [0.29, 0.717) is 24.2 Å². The fraction of sp³-hybridized carbons (Fsp3) is 0.350. The maximum atomic E-state index is 12.9. The summed E-state index contributed by atoms with van der Waals surface area (Å²) in [4.78, 5) is 23.1. The predicted molar refractivity (Wildman–Crippen MR) is 108 cm³/mol. The number of sulfonamides is 1. The smallest absolute Gasteiger partial charge is 0.312 e. The molecule has 0 aromatic heterocycles. The van der Waals surface area contributed by atoms with E-state index in [9.17, 15) is 23.3 Å². The Bertz CT molecular complexity index is 1040. The molecule has 2 aromatic rings. The molecule has 160 valence electrons. The van der Waals surface area contributed by atoms with Crippen molar-refractivity contribution in [2.75, 3.05) is 27.3 Å². The lowest BCUT2D eigenvalue weighted by Crippen LogP contribution is -2.40. The van der Waals surface area contributed by atoms with Gasteiger partial charge in [0.15, 0.2) is 11.5 Å². The second-order valence-electron chi connectivity index (χ2n) is 6.86. The van der Waals surface area contributed by atoms with E-state index in [-0.39, 0.29) is 35.4 Å². The standard InChI is InChI=1S/C20H22N2O7S/c1-28-16-5-3-14(4-6-16)20(23)15-9-11-21(12-10-15)30(26,27)17-7-8-19(29-2)18(13-17)22(24)25/h3-8,13,15H,9-12H2,1-2H3. The normalized spacial score (nSPS) is 15.5. The van der Waals surface area contributed by atoms with Gasteiger partial charge in [-0.25, -0.2) is 8.42 Å². The van der Waals surface area contributed by atoms with E-state index in [1.54, 1.807) is 31.4 Å². The van der Waals surface area contributed by atoms with Crippen LogP contribution < -0.4 is 9.47 Å². The van der Waals surface area contributed by atoms with E-state index < -0.39 is 20.6 Å². The molecule has 0 unspecified atom stereocenters. The number of hydrogen-bond acceptors (Lipinski definition) is 7. The van der Waals surface area contributed by atoms with Gasteiger partial charge in [0.1, 0.15) is 5.75 Å². The average molecular weight is 434 g/mol. The number of ketones is 1. The Balaban J connectivity index is 1.72. The predicted octanol–water partition coefficient (Wildman–Crippen LogP) is 2.90. The molecule has 2 aromatic carbocycles. The lowest BCUT2D eigenvalue weighted by atomic mass is 9.89. The first kappa shape index (κ1) is 21.7. The minimum absolute atomic E-state index is 0.0113. The van der Waals surface area contributed by atoms with Crippen LogP contribution in [0.2, 0.25) is 0 Å². The summed E-state index contributed by atoms with van der Waals surface area (Å²) in [6.07, 6.45) is 0.755. The Morgan fingerprint density at radius 3 is 2.23 bits per heavy atom. The van der Waals surface area contributed by atoms with Crippen molar-refractivity contribution in [1.29, 1.82) is 0 Å². The van der Waals surface area contributed by atoms with E-state index in [1.165, 1.54) is 23.5 Å². The summed E-state index contributed by atoms with van der Waals surface area (Å²) in [7, 11) is -1.10. The molecule has 0 amide bonds. The van der Waals surface area contributed by atoms with Crippen LogP contribution in [0.4, 0.5) is 5.69 Å². The Kier molecular flexibility index (Phi) is 6.37. The highest BCUT2D eigenvalue weighted by Gasteiger charge is 2.33. The average Bonchev–Trinajstić information content (AvgIpc) is 2.78. The highest BCUT2D eigenvalue weighted by Crippen LogP contribution is 2.32. The molecule has 9 nitrogen and oxygen atoms in total. The van der Waals surface area contributed by atoms with Crippen molar-refractivity contribution in [3.05, 3.63) is 58.1 Å². The highest BCUT2D eigenvalue weighted by molar-refractivity contribution is 7.89. The van der Waals surface area contributed by atoms with E-state index >= 15 is 0 Å². The van der Waals surface area contributed by atoms with Crippen LogP contribution in [-0.4, -0.2) is 50.7 Å². The van der Waals surface area contributed by atoms with E-state index in [0.717, 1.165) is 6.07 Å². The molecule has 10 heteroatoms. The number of methoxy groups -OCH3 is 2. The van der Waals surface area contributed by atoms with Crippen LogP contribution in [0.5, 0.6) is 11.5 Å². The summed E-state index contributed by atoms with van der Waals surface area (Å²) in [5, 5.41) is 11.2. The molecular weight excluding hydrogens is 412 g/mol. The third kappa shape index (κ3) is 4.29. The van der Waals surface area contributed by atoms with Crippen molar-refractivity contribution in [2.45, 2.75) is 17.7 Å². The molecule has 0 spiro atoms. The third-order valence-corrected chi connectivity index (χ3v) is 7.08. The lowest BCUT2D eigenvalue weighted by molar-refractivity contribution is -0.386. The topological polar surface area (TPSA) is 116 Å². The summed E-state index contributed by atoms with van der Waals surface area (Å²) >= 11 is 0. The fourth-order valence-electron chi connectivity index (χ4n) is 3.47. The third-order valence-electron chi connectivity index (χ3n) is 5.18. The quantitative estimate of drug-likeness (QED) is 0.374. The molecule has 1 aliphatic rings. The van der Waals surface area contributed by atoms with Gasteiger partial charge in [-0.2, -0.15) is 4.31 Å². The molecule has 0 radical (unpaired) electrons. The first-order valence-corrected chi connectivity index (χ1v) is 10.7. The second kappa shape index (κ2) is 8.80. The van der Waals surface area contributed by atoms with Crippen LogP contribution in [0.1, 0.15) is 23.2 Å². The summed E-state index contributed by atoms with van der Waals surface area (Å²) in [5.41, 5.74) is 0.144. The molecule has 0 saturated carbocycles. The van der Waals surface area contributed by atoms with Crippen molar-refractivity contribution in [1.82, 2.24) is 4.31 Å². The van der Waals surface area contributed by atoms with Gasteiger partial charge in [0.25, 0.3) is 0 Å². The number of carbonyl (C=O) groups is 1. The van der Waals surface area contributed by atoms with Gasteiger partial charge in [0.05, 0.1) is 24.0 Å². The molecule has 0 atom stereocenters. The number of carbonyl (C=O) groups excluding carboxylic acids is 1. The molecule has 0 bridgehead atoms. The van der Waals surface area contributed by atoms with Crippen molar-refractivity contribution in [3.63, 3.8) is 0 Å². The van der Waals surface area contributed by atoms with E-state index in [2.05, 4.69) is 0 Å². The SMILES string of the molecule is COc1ccc(C(=O)C2CCN(S(=O)(=O)c3ccc(OC)c([N+](=O)[O-])c3)CC2)cc1. The maximum Gasteiger partial charge on any atom is 0.312 e. The molecule has 0 N–H and O–H groups in total. The summed E-state index contributed by atoms with van der Waals surface area (Å²) in [5.74, 6) is 0.327. The molecule has 3 rings (SSSR count). The summed E-state index contributed by atoms with van der Waals surface area (Å²) < 4.78 is 37.2. The number of Topliss-reactive ketones (excluding diaryl/α,β-unsaturated/α-hetero) is 1. The second-order valence-corrected chi connectivity index (χ2v) is 8.80. The van der Waals surface area contributed by atoms with E-state index in [4.69, 9.17) is 9.47 Å². The van der Waals surface area contributed by atoms with Gasteiger partial charge in [-0.1, -0.05) is 0 Å². The molecule has 1 saturated heterocycles. The number of piperidine rings is 1. The van der Waals surface area contributed by atoms with Crippen LogP contribution >= 0.6 is 0 Å². The summed E-state index contributed by atoms with van der Waals surface area (Å²) in [6.45, 7) is 0.323. The van der Waals surface area contributed by atoms with Gasteiger partial charge in [0, 0.05) is 30.6 Å². The van der Waals surface area contributed by atoms with Crippen molar-refractivity contribution in [3.8, 4) is 11.5 Å². The molecule has 1 aliphatic heterocycles. The monoisotopic (exact) mass is 434 g/mol. The van der Waals surface area contributed by atoms with Gasteiger partial charge in [-0.15, -0.1) is 0 Å². The maximum absolute atomic E-state index is 12.9. The largest absolute Gasteiger partial charge is 0.497 e. The lowest BCUT2D eigenvalue weighted by Gasteiger charge is -2.30. The Morgan fingerprint density at radius 2 is 1.70 bits per heavy atom. The molecule has 1 fully saturated rings. The van der Waals surface area contributed by atoms with Crippen LogP contribution in [0, 0.1) is 16.0 Å². The Morgan fingerprint density at radius 1 is 1.07 bits per heavy atom. The van der Waals surface area contributed by atoms with E-state index in [1.807, 2.05) is 0 Å². The van der Waals surface area contributed by atoms with Crippen molar-refractivity contribution < 1.29 is 27.6 Å². The van der Waals surface area contributed by atoms with Crippen LogP contribution in [0.3, 0.4) is 0 Å². The first-order chi connectivity index (χ1) is 14.3. The number of hydrogen-bond donors (Lipinski definition) is 0. The van der Waals surface area contributed by atoms with Gasteiger partial charge < -0.3 is 9.47 Å².